The van der Waals surface area contributed by atoms with E-state index < -0.39 is 23.9 Å². The lowest BCUT2D eigenvalue weighted by atomic mass is 10.1. The first kappa shape index (κ1) is 18.7. The highest BCUT2D eigenvalue weighted by molar-refractivity contribution is 5.90. The van der Waals surface area contributed by atoms with Gasteiger partial charge in [-0.25, -0.2) is 9.59 Å². The number of benzene rings is 1. The Morgan fingerprint density at radius 1 is 1.13 bits per heavy atom. The van der Waals surface area contributed by atoms with Crippen molar-refractivity contribution in [1.82, 2.24) is 0 Å². The third-order valence-electron chi connectivity index (χ3n) is 2.83. The summed E-state index contributed by atoms with van der Waals surface area (Å²) < 4.78 is 42.3. The average molecular weight is 331 g/mol. The SMILES string of the molecule is CCOC(=O)C(Nc1ccc(OC)cc1)C(F)(F)C(=O)OCC. The van der Waals surface area contributed by atoms with Crippen LogP contribution in [0.1, 0.15) is 13.8 Å². The molecule has 0 aliphatic rings. The van der Waals surface area contributed by atoms with E-state index in [4.69, 9.17) is 4.74 Å². The van der Waals surface area contributed by atoms with Crippen molar-refractivity contribution in [3.8, 4) is 5.75 Å². The van der Waals surface area contributed by atoms with Crippen molar-refractivity contribution in [3.05, 3.63) is 24.3 Å². The molecule has 6 nitrogen and oxygen atoms in total. The number of methoxy groups -OCH3 is 1. The number of halogens is 2. The van der Waals surface area contributed by atoms with Crippen LogP contribution in [0.4, 0.5) is 14.5 Å². The number of rotatable bonds is 8. The fraction of sp³-hybridized carbons (Fsp3) is 0.467. The fourth-order valence-corrected chi connectivity index (χ4v) is 1.72. The smallest absolute Gasteiger partial charge is 0.379 e. The zero-order valence-corrected chi connectivity index (χ0v) is 13.1. The maximum atomic E-state index is 14.2. The molecule has 0 aromatic heterocycles. The van der Waals surface area contributed by atoms with Crippen molar-refractivity contribution < 1.29 is 32.6 Å². The highest BCUT2D eigenvalue weighted by atomic mass is 19.3. The van der Waals surface area contributed by atoms with Gasteiger partial charge in [0.15, 0.2) is 0 Å². The lowest BCUT2D eigenvalue weighted by molar-refractivity contribution is -0.180. The Morgan fingerprint density at radius 3 is 2.17 bits per heavy atom. The molecule has 0 amide bonds. The molecule has 0 aliphatic heterocycles. The minimum Gasteiger partial charge on any atom is -0.497 e. The van der Waals surface area contributed by atoms with Crippen LogP contribution in [0, 0.1) is 0 Å². The number of hydrogen-bond acceptors (Lipinski definition) is 6. The molecular weight excluding hydrogens is 312 g/mol. The van der Waals surface area contributed by atoms with Crippen molar-refractivity contribution in [2.75, 3.05) is 25.6 Å². The maximum Gasteiger partial charge on any atom is 0.379 e. The Balaban J connectivity index is 3.04. The van der Waals surface area contributed by atoms with Gasteiger partial charge in [0, 0.05) is 5.69 Å². The second-order valence-electron chi connectivity index (χ2n) is 4.40. The second kappa shape index (κ2) is 8.30. The Bertz CT molecular complexity index is 533. The van der Waals surface area contributed by atoms with E-state index in [1.807, 2.05) is 0 Å². The summed E-state index contributed by atoms with van der Waals surface area (Å²) in [5, 5.41) is 2.31. The van der Waals surface area contributed by atoms with Gasteiger partial charge in [0.05, 0.1) is 20.3 Å². The van der Waals surface area contributed by atoms with Crippen LogP contribution in [-0.2, 0) is 19.1 Å². The topological polar surface area (TPSA) is 73.9 Å². The van der Waals surface area contributed by atoms with Crippen LogP contribution in [0.5, 0.6) is 5.75 Å². The van der Waals surface area contributed by atoms with Crippen LogP contribution in [0.3, 0.4) is 0 Å². The lowest BCUT2D eigenvalue weighted by Crippen LogP contribution is -2.52. The van der Waals surface area contributed by atoms with Crippen molar-refractivity contribution in [1.29, 1.82) is 0 Å². The number of hydrogen-bond donors (Lipinski definition) is 1. The first-order valence-electron chi connectivity index (χ1n) is 6.99. The summed E-state index contributed by atoms with van der Waals surface area (Å²) in [6.07, 6.45) is 0. The summed E-state index contributed by atoms with van der Waals surface area (Å²) >= 11 is 0. The normalized spacial score (nSPS) is 12.2. The van der Waals surface area contributed by atoms with Gasteiger partial charge in [-0.1, -0.05) is 0 Å². The van der Waals surface area contributed by atoms with E-state index in [2.05, 4.69) is 14.8 Å². The molecule has 0 radical (unpaired) electrons. The van der Waals surface area contributed by atoms with E-state index in [1.54, 1.807) is 0 Å². The predicted molar refractivity (Wildman–Crippen MR) is 78.6 cm³/mol. The van der Waals surface area contributed by atoms with Crippen LogP contribution >= 0.6 is 0 Å². The van der Waals surface area contributed by atoms with Crippen LogP contribution in [0.15, 0.2) is 24.3 Å². The summed E-state index contributed by atoms with van der Waals surface area (Å²) in [7, 11) is 1.46. The monoisotopic (exact) mass is 331 g/mol. The van der Waals surface area contributed by atoms with E-state index in [0.717, 1.165) is 0 Å². The molecule has 0 saturated heterocycles. The summed E-state index contributed by atoms with van der Waals surface area (Å²) in [5.74, 6) is -6.61. The molecule has 1 N–H and O–H groups in total. The van der Waals surface area contributed by atoms with Crippen LogP contribution in [0.2, 0.25) is 0 Å². The average Bonchev–Trinajstić information content (AvgIpc) is 2.53. The third-order valence-corrected chi connectivity index (χ3v) is 2.83. The van der Waals surface area contributed by atoms with Gasteiger partial charge in [-0.05, 0) is 38.1 Å². The standard InChI is InChI=1S/C15H19F2NO5/c1-4-22-13(19)12(15(16,17)14(20)23-5-2)18-10-6-8-11(21-3)9-7-10/h6-9,12,18H,4-5H2,1-3H3. The molecule has 0 saturated carbocycles. The highest BCUT2D eigenvalue weighted by Crippen LogP contribution is 2.26. The molecule has 0 fully saturated rings. The van der Waals surface area contributed by atoms with Gasteiger partial charge in [0.1, 0.15) is 5.75 Å². The molecule has 8 heteroatoms. The molecule has 0 spiro atoms. The predicted octanol–water partition coefficient (Wildman–Crippen LogP) is 2.24. The zero-order chi connectivity index (χ0) is 17.5. The van der Waals surface area contributed by atoms with Gasteiger partial charge < -0.3 is 19.5 Å². The number of ether oxygens (including phenoxy) is 3. The lowest BCUT2D eigenvalue weighted by Gasteiger charge is -2.25. The largest absolute Gasteiger partial charge is 0.497 e. The van der Waals surface area contributed by atoms with Crippen LogP contribution in [-0.4, -0.2) is 44.2 Å². The Morgan fingerprint density at radius 2 is 1.70 bits per heavy atom. The number of nitrogens with one attached hydrogen (secondary N) is 1. The van der Waals surface area contributed by atoms with Crippen molar-refractivity contribution >= 4 is 17.6 Å². The summed E-state index contributed by atoms with van der Waals surface area (Å²) in [4.78, 5) is 23.3. The van der Waals surface area contributed by atoms with E-state index >= 15 is 0 Å². The third kappa shape index (κ3) is 4.80. The summed E-state index contributed by atoms with van der Waals surface area (Å²) in [5.41, 5.74) is 0.202. The molecule has 1 aromatic carbocycles. The minimum atomic E-state index is -4.08. The van der Waals surface area contributed by atoms with Crippen molar-refractivity contribution in [2.24, 2.45) is 0 Å². The van der Waals surface area contributed by atoms with E-state index in [1.165, 1.54) is 45.2 Å². The minimum absolute atomic E-state index is 0.0987. The number of anilines is 1. The number of alkyl halides is 2. The molecule has 0 heterocycles. The molecule has 0 bridgehead atoms. The Hall–Kier alpha value is -2.38. The molecule has 1 aromatic rings. The molecular formula is C15H19F2NO5. The van der Waals surface area contributed by atoms with Crippen molar-refractivity contribution in [3.63, 3.8) is 0 Å². The zero-order valence-electron chi connectivity index (χ0n) is 13.1. The fourth-order valence-electron chi connectivity index (χ4n) is 1.72. The molecule has 1 unspecified atom stereocenters. The van der Waals surface area contributed by atoms with Gasteiger partial charge in [0.2, 0.25) is 6.04 Å². The number of carbonyl (C=O) groups excluding carboxylic acids is 2. The van der Waals surface area contributed by atoms with Gasteiger partial charge in [0.25, 0.3) is 0 Å². The molecule has 1 rings (SSSR count). The molecule has 0 aliphatic carbocycles. The Kier molecular flexibility index (Phi) is 6.74. The van der Waals surface area contributed by atoms with E-state index in [0.29, 0.717) is 5.75 Å². The molecule has 23 heavy (non-hydrogen) atoms. The van der Waals surface area contributed by atoms with Gasteiger partial charge in [-0.3, -0.25) is 0 Å². The van der Waals surface area contributed by atoms with Gasteiger partial charge >= 0.3 is 17.9 Å². The molecule has 1 atom stereocenters. The van der Waals surface area contributed by atoms with Crippen molar-refractivity contribution in [2.45, 2.75) is 25.8 Å². The molecule has 128 valence electrons. The quantitative estimate of drug-likeness (QED) is 0.737. The van der Waals surface area contributed by atoms with E-state index in [-0.39, 0.29) is 18.9 Å². The first-order chi connectivity index (χ1) is 10.9. The first-order valence-corrected chi connectivity index (χ1v) is 6.99. The second-order valence-corrected chi connectivity index (χ2v) is 4.40. The number of carbonyl (C=O) groups is 2. The summed E-state index contributed by atoms with van der Waals surface area (Å²) in [6.45, 7) is 2.54. The maximum absolute atomic E-state index is 14.2. The van der Waals surface area contributed by atoms with E-state index in [9.17, 15) is 18.4 Å². The van der Waals surface area contributed by atoms with Gasteiger partial charge in [-0.2, -0.15) is 8.78 Å². The highest BCUT2D eigenvalue weighted by Gasteiger charge is 2.53. The van der Waals surface area contributed by atoms with Crippen LogP contribution < -0.4 is 10.1 Å². The van der Waals surface area contributed by atoms with Gasteiger partial charge in [-0.15, -0.1) is 0 Å². The summed E-state index contributed by atoms with van der Waals surface area (Å²) in [6, 6.07) is 3.72. The number of esters is 2. The Labute approximate surface area is 132 Å². The van der Waals surface area contributed by atoms with Crippen LogP contribution in [0.25, 0.3) is 0 Å².